The molecule has 0 spiro atoms. The number of nitrogens with one attached hydrogen (secondary N) is 4. The van der Waals surface area contributed by atoms with Gasteiger partial charge in [0.1, 0.15) is 18.1 Å². The van der Waals surface area contributed by atoms with Gasteiger partial charge in [0, 0.05) is 24.7 Å². The molecular weight excluding hydrogens is 500 g/mol. The van der Waals surface area contributed by atoms with E-state index >= 15 is 0 Å². The van der Waals surface area contributed by atoms with E-state index < -0.39 is 54.0 Å². The number of aliphatic hydroxyl groups excluding tert-OH is 1. The Bertz CT molecular complexity index is 1020. The third-order valence-corrected chi connectivity index (χ3v) is 6.19. The molecule has 1 heterocycles. The quantitative estimate of drug-likeness (QED) is 0.153. The van der Waals surface area contributed by atoms with Crippen molar-refractivity contribution in [3.63, 3.8) is 0 Å². The minimum absolute atomic E-state index is 0.00876. The number of H-pyrrole nitrogens is 1. The molecule has 12 nitrogen and oxygen atoms in total. The molecule has 0 radical (unpaired) electrons. The van der Waals surface area contributed by atoms with E-state index in [9.17, 15) is 29.4 Å². The van der Waals surface area contributed by atoms with E-state index in [4.69, 9.17) is 5.73 Å². The van der Waals surface area contributed by atoms with Gasteiger partial charge in [0.15, 0.2) is 0 Å². The molecule has 13 heteroatoms. The molecule has 5 atom stereocenters. The largest absolute Gasteiger partial charge is 0.480 e. The third-order valence-electron chi connectivity index (χ3n) is 5.54. The van der Waals surface area contributed by atoms with Crippen molar-refractivity contribution in [1.82, 2.24) is 25.9 Å². The first-order chi connectivity index (χ1) is 17.6. The molecule has 3 amide bonds. The maximum absolute atomic E-state index is 13.2. The predicted molar refractivity (Wildman–Crippen MR) is 139 cm³/mol. The topological polar surface area (TPSA) is 200 Å². The first kappa shape index (κ1) is 29.8. The van der Waals surface area contributed by atoms with Crippen LogP contribution in [0.15, 0.2) is 42.9 Å². The van der Waals surface area contributed by atoms with E-state index in [-0.39, 0.29) is 12.8 Å². The fourth-order valence-electron chi connectivity index (χ4n) is 3.45. The highest BCUT2D eigenvalue weighted by molar-refractivity contribution is 7.98. The highest BCUT2D eigenvalue weighted by Crippen LogP contribution is 2.07. The highest BCUT2D eigenvalue weighted by atomic mass is 32.2. The Morgan fingerprint density at radius 3 is 2.27 bits per heavy atom. The summed E-state index contributed by atoms with van der Waals surface area (Å²) in [7, 11) is 0. The summed E-state index contributed by atoms with van der Waals surface area (Å²) in [5, 5.41) is 27.2. The fourth-order valence-corrected chi connectivity index (χ4v) is 3.94. The Balaban J connectivity index is 2.14. The second kappa shape index (κ2) is 15.0. The Kier molecular flexibility index (Phi) is 12.1. The number of benzene rings is 1. The van der Waals surface area contributed by atoms with Gasteiger partial charge in [0.2, 0.25) is 17.7 Å². The van der Waals surface area contributed by atoms with E-state index in [1.165, 1.54) is 31.2 Å². The summed E-state index contributed by atoms with van der Waals surface area (Å²) in [6.07, 6.45) is 3.86. The summed E-state index contributed by atoms with van der Waals surface area (Å²) < 4.78 is 0. The van der Waals surface area contributed by atoms with Crippen LogP contribution in [0.2, 0.25) is 0 Å². The predicted octanol–water partition coefficient (Wildman–Crippen LogP) is -0.805. The summed E-state index contributed by atoms with van der Waals surface area (Å²) in [6, 6.07) is 3.98. The molecular formula is C24H34N6O6S. The van der Waals surface area contributed by atoms with Gasteiger partial charge in [-0.3, -0.25) is 14.4 Å². The van der Waals surface area contributed by atoms with Crippen molar-refractivity contribution in [2.24, 2.45) is 5.73 Å². The van der Waals surface area contributed by atoms with Gasteiger partial charge in [0.25, 0.3) is 0 Å². The van der Waals surface area contributed by atoms with E-state index in [0.717, 1.165) is 0 Å². The van der Waals surface area contributed by atoms with E-state index in [2.05, 4.69) is 25.9 Å². The zero-order chi connectivity index (χ0) is 27.4. The van der Waals surface area contributed by atoms with Crippen LogP contribution in [0, 0.1) is 0 Å². The first-order valence-electron chi connectivity index (χ1n) is 11.7. The normalized spacial score (nSPS) is 15.0. The molecule has 0 aliphatic heterocycles. The lowest BCUT2D eigenvalue weighted by atomic mass is 10.0. The SMILES string of the molecule is CSCCC(N)C(=O)NC(Cc1cnc[nH]1)C(=O)NC(C(=O)NC(Cc1ccccc1)C(=O)O)C(C)O. The van der Waals surface area contributed by atoms with Crippen LogP contribution in [-0.4, -0.2) is 86.2 Å². The summed E-state index contributed by atoms with van der Waals surface area (Å²) in [5.41, 5.74) is 7.17. The van der Waals surface area contributed by atoms with Crippen LogP contribution in [0.3, 0.4) is 0 Å². The van der Waals surface area contributed by atoms with Gasteiger partial charge in [-0.15, -0.1) is 0 Å². The first-order valence-corrected chi connectivity index (χ1v) is 13.1. The number of aromatic amines is 1. The number of carbonyl (C=O) groups is 4. The number of nitrogens with two attached hydrogens (primary N) is 1. The number of aromatic nitrogens is 2. The number of aliphatic hydroxyl groups is 1. The van der Waals surface area contributed by atoms with Gasteiger partial charge in [-0.05, 0) is 30.9 Å². The molecule has 0 aliphatic rings. The molecule has 1 aromatic heterocycles. The van der Waals surface area contributed by atoms with Crippen LogP contribution in [-0.2, 0) is 32.0 Å². The average molecular weight is 535 g/mol. The van der Waals surface area contributed by atoms with Crippen molar-refractivity contribution in [3.05, 3.63) is 54.1 Å². The van der Waals surface area contributed by atoms with E-state index in [0.29, 0.717) is 23.4 Å². The lowest BCUT2D eigenvalue weighted by molar-refractivity contribution is -0.143. The van der Waals surface area contributed by atoms with Crippen molar-refractivity contribution in [2.75, 3.05) is 12.0 Å². The second-order valence-corrected chi connectivity index (χ2v) is 9.53. The second-order valence-electron chi connectivity index (χ2n) is 8.55. The number of aliphatic carboxylic acids is 1. The average Bonchev–Trinajstić information content (AvgIpc) is 3.38. The van der Waals surface area contributed by atoms with Gasteiger partial charge in [-0.1, -0.05) is 30.3 Å². The fraction of sp³-hybridized carbons (Fsp3) is 0.458. The summed E-state index contributed by atoms with van der Waals surface area (Å²) in [5.74, 6) is -2.78. The summed E-state index contributed by atoms with van der Waals surface area (Å²) in [6.45, 7) is 1.29. The summed E-state index contributed by atoms with van der Waals surface area (Å²) >= 11 is 1.53. The van der Waals surface area contributed by atoms with Crippen molar-refractivity contribution in [2.45, 2.75) is 56.5 Å². The van der Waals surface area contributed by atoms with Crippen molar-refractivity contribution in [1.29, 1.82) is 0 Å². The number of carboxylic acids is 1. The maximum Gasteiger partial charge on any atom is 0.326 e. The Labute approximate surface area is 219 Å². The van der Waals surface area contributed by atoms with Gasteiger partial charge in [0.05, 0.1) is 18.5 Å². The van der Waals surface area contributed by atoms with Crippen LogP contribution in [0.1, 0.15) is 24.6 Å². The molecule has 2 rings (SSSR count). The van der Waals surface area contributed by atoms with Crippen LogP contribution < -0.4 is 21.7 Å². The number of carboxylic acid groups (broad SMARTS) is 1. The Morgan fingerprint density at radius 1 is 1.03 bits per heavy atom. The number of hydrogen-bond acceptors (Lipinski definition) is 8. The van der Waals surface area contributed by atoms with E-state index in [1.54, 1.807) is 30.3 Å². The van der Waals surface area contributed by atoms with Gasteiger partial charge in [-0.2, -0.15) is 11.8 Å². The molecule has 0 saturated carbocycles. The molecule has 2 aromatic rings. The lowest BCUT2D eigenvalue weighted by Gasteiger charge is -2.26. The van der Waals surface area contributed by atoms with E-state index in [1.807, 2.05) is 6.26 Å². The number of rotatable bonds is 15. The number of carbonyl (C=O) groups excluding carboxylic acids is 3. The standard InChI is InChI=1S/C24H34N6O6S/c1-14(31)20(23(34)29-19(24(35)36)10-15-6-4-3-5-7-15)30-22(33)18(11-16-12-26-13-27-16)28-21(32)17(25)8-9-37-2/h3-7,12-14,17-20,31H,8-11,25H2,1-2H3,(H,26,27)(H,28,32)(H,29,34)(H,30,33)(H,35,36). The van der Waals surface area contributed by atoms with Gasteiger partial charge >= 0.3 is 5.97 Å². The zero-order valence-corrected chi connectivity index (χ0v) is 21.5. The molecule has 0 bridgehead atoms. The highest BCUT2D eigenvalue weighted by Gasteiger charge is 2.33. The molecule has 0 fully saturated rings. The van der Waals surface area contributed by atoms with Gasteiger partial charge in [-0.25, -0.2) is 9.78 Å². The van der Waals surface area contributed by atoms with Crippen molar-refractivity contribution < 1.29 is 29.4 Å². The maximum atomic E-state index is 13.2. The van der Waals surface area contributed by atoms with Gasteiger partial charge < -0.3 is 36.9 Å². The molecule has 202 valence electrons. The minimum atomic E-state index is -1.48. The van der Waals surface area contributed by atoms with Crippen LogP contribution >= 0.6 is 11.8 Å². The molecule has 8 N–H and O–H groups in total. The Morgan fingerprint density at radius 2 is 1.70 bits per heavy atom. The number of thioether (sulfide) groups is 1. The van der Waals surface area contributed by atoms with Crippen LogP contribution in [0.25, 0.3) is 0 Å². The van der Waals surface area contributed by atoms with Crippen LogP contribution in [0.4, 0.5) is 0 Å². The monoisotopic (exact) mass is 534 g/mol. The van der Waals surface area contributed by atoms with Crippen molar-refractivity contribution in [3.8, 4) is 0 Å². The number of nitrogens with zero attached hydrogens (tertiary/aromatic N) is 1. The summed E-state index contributed by atoms with van der Waals surface area (Å²) in [4.78, 5) is 57.2. The molecule has 37 heavy (non-hydrogen) atoms. The zero-order valence-electron chi connectivity index (χ0n) is 20.7. The molecule has 0 aliphatic carbocycles. The molecule has 1 aromatic carbocycles. The Hall–Kier alpha value is -3.42. The van der Waals surface area contributed by atoms with Crippen molar-refractivity contribution >= 4 is 35.5 Å². The van der Waals surface area contributed by atoms with Crippen LogP contribution in [0.5, 0.6) is 0 Å². The smallest absolute Gasteiger partial charge is 0.326 e. The number of hydrogen-bond donors (Lipinski definition) is 7. The number of amides is 3. The molecule has 0 saturated heterocycles. The minimum Gasteiger partial charge on any atom is -0.480 e. The lowest BCUT2D eigenvalue weighted by Crippen LogP contribution is -2.60. The third kappa shape index (κ3) is 9.86. The number of imidazole rings is 1. The molecule has 5 unspecified atom stereocenters.